The van der Waals surface area contributed by atoms with Crippen molar-refractivity contribution in [3.05, 3.63) is 69.5 Å². The van der Waals surface area contributed by atoms with E-state index in [1.54, 1.807) is 12.5 Å². The summed E-state index contributed by atoms with van der Waals surface area (Å²) in [6.07, 6.45) is 3.28. The molecule has 0 aliphatic heterocycles. The van der Waals surface area contributed by atoms with Crippen molar-refractivity contribution in [1.82, 2.24) is 0 Å². The maximum absolute atomic E-state index is 9.56. The number of hydrogen-bond acceptors (Lipinski definition) is 1. The van der Waals surface area contributed by atoms with Gasteiger partial charge in [-0.05, 0) is 38.8 Å². The molecule has 2 radical (unpaired) electrons. The number of allylic oxidation sites excluding steroid dienone is 4. The van der Waals surface area contributed by atoms with Gasteiger partial charge >= 0.3 is 0 Å². The van der Waals surface area contributed by atoms with Crippen LogP contribution in [-0.4, -0.2) is 16.7 Å². The predicted molar refractivity (Wildman–Crippen MR) is 110 cm³/mol. The van der Waals surface area contributed by atoms with Crippen LogP contribution in [0.3, 0.4) is 0 Å². The molecular formula is C19H28IIrOS-2. The fraction of sp³-hybridized carbons (Fsp3) is 0.368. The summed E-state index contributed by atoms with van der Waals surface area (Å²) in [6, 6.07) is 10.8. The quantitative estimate of drug-likeness (QED) is 0.264. The number of benzene rings is 1. The first-order chi connectivity index (χ1) is 9.68. The van der Waals surface area contributed by atoms with Crippen LogP contribution in [0.2, 0.25) is 0 Å². The third-order valence-electron chi connectivity index (χ3n) is 3.49. The second-order valence-electron chi connectivity index (χ2n) is 5.08. The molecule has 1 aliphatic carbocycles. The normalized spacial score (nSPS) is 13.4. The molecule has 0 bridgehead atoms. The molecule has 2 rings (SSSR count). The van der Waals surface area contributed by atoms with Gasteiger partial charge in [0, 0.05) is 49.3 Å². The number of hydrogen-bond donors (Lipinski definition) is 0. The molecular weight excluding hydrogens is 595 g/mol. The molecule has 0 aromatic heterocycles. The summed E-state index contributed by atoms with van der Waals surface area (Å²) in [5.41, 5.74) is 5.87. The second-order valence-corrected chi connectivity index (χ2v) is 7.81. The molecule has 0 N–H and O–H groups in total. The van der Waals surface area contributed by atoms with E-state index in [0.29, 0.717) is 0 Å². The second kappa shape index (κ2) is 14.6. The Hall–Kier alpha value is 0.229. The molecule has 0 spiro atoms. The largest absolute Gasteiger partial charge is 0.358 e. The van der Waals surface area contributed by atoms with Crippen molar-refractivity contribution >= 4 is 33.4 Å². The van der Waals surface area contributed by atoms with Gasteiger partial charge in [0.25, 0.3) is 0 Å². The van der Waals surface area contributed by atoms with Gasteiger partial charge in [0.1, 0.15) is 0 Å². The molecule has 0 heterocycles. The van der Waals surface area contributed by atoms with E-state index in [4.69, 9.17) is 0 Å². The van der Waals surface area contributed by atoms with Crippen LogP contribution in [0.5, 0.6) is 0 Å². The molecule has 0 unspecified atom stereocenters. The van der Waals surface area contributed by atoms with E-state index in [9.17, 15) is 4.21 Å². The minimum absolute atomic E-state index is 0. The van der Waals surface area contributed by atoms with Crippen LogP contribution < -0.4 is 0 Å². The zero-order valence-electron chi connectivity index (χ0n) is 15.3. The van der Waals surface area contributed by atoms with Crippen molar-refractivity contribution in [1.29, 1.82) is 0 Å². The van der Waals surface area contributed by atoms with Crippen LogP contribution in [0.15, 0.2) is 46.6 Å². The smallest absolute Gasteiger partial charge is 0.0226 e. The third-order valence-corrected chi connectivity index (χ3v) is 4.21. The summed E-state index contributed by atoms with van der Waals surface area (Å²) in [5, 5.41) is 0. The van der Waals surface area contributed by atoms with Crippen LogP contribution in [0, 0.1) is 23.0 Å². The average molecular weight is 624 g/mol. The molecule has 1 aromatic carbocycles. The minimum Gasteiger partial charge on any atom is -0.358 e. The summed E-state index contributed by atoms with van der Waals surface area (Å²) >= 11 is 2.26. The van der Waals surface area contributed by atoms with Gasteiger partial charge in [-0.2, -0.15) is 30.3 Å². The summed E-state index contributed by atoms with van der Waals surface area (Å²) in [6.45, 7) is 11.0. The monoisotopic (exact) mass is 624 g/mol. The van der Waals surface area contributed by atoms with Crippen molar-refractivity contribution in [2.45, 2.75) is 34.6 Å². The van der Waals surface area contributed by atoms with E-state index in [-0.39, 0.29) is 27.5 Å². The van der Waals surface area contributed by atoms with Gasteiger partial charge in [-0.1, -0.05) is 44.2 Å². The van der Waals surface area contributed by atoms with E-state index in [1.165, 1.54) is 31.8 Å². The molecule has 0 amide bonds. The maximum Gasteiger partial charge on any atom is 0.0226 e. The zero-order chi connectivity index (χ0) is 16.6. The van der Waals surface area contributed by atoms with Gasteiger partial charge < -0.3 is 7.43 Å². The molecule has 4 heteroatoms. The minimum atomic E-state index is -0.611. The molecule has 0 saturated heterocycles. The maximum atomic E-state index is 9.56. The Kier molecular flexibility index (Phi) is 17.8. The fourth-order valence-corrected chi connectivity index (χ4v) is 2.13. The van der Waals surface area contributed by atoms with Crippen molar-refractivity contribution in [3.8, 4) is 0 Å². The van der Waals surface area contributed by atoms with Gasteiger partial charge in [-0.15, -0.1) is 0 Å². The van der Waals surface area contributed by atoms with Crippen molar-refractivity contribution < 1.29 is 24.3 Å². The van der Waals surface area contributed by atoms with Crippen molar-refractivity contribution in [2.75, 3.05) is 12.5 Å². The molecule has 134 valence electrons. The topological polar surface area (TPSA) is 17.1 Å². The summed E-state index contributed by atoms with van der Waals surface area (Å²) in [5.74, 6) is 1.47. The molecule has 1 aromatic rings. The van der Waals surface area contributed by atoms with Gasteiger partial charge in [-0.3, -0.25) is 4.21 Å². The molecule has 1 nitrogen and oxygen atoms in total. The number of halogens is 1. The molecule has 0 atom stereocenters. The van der Waals surface area contributed by atoms with Crippen molar-refractivity contribution in [3.63, 3.8) is 0 Å². The van der Waals surface area contributed by atoms with Crippen LogP contribution in [-0.2, 0) is 30.9 Å². The Bertz CT molecular complexity index is 508. The van der Waals surface area contributed by atoms with E-state index in [1.807, 2.05) is 24.3 Å². The SMILES string of the molecule is CS(C)=O.C[C]1C(C)=C(C)C(C)=C1C.Ic1cc[c-]cc1.[CH3-].[Ir]. The first kappa shape index (κ1) is 28.0. The van der Waals surface area contributed by atoms with Crippen LogP contribution in [0.25, 0.3) is 0 Å². The van der Waals surface area contributed by atoms with Crippen LogP contribution in [0.4, 0.5) is 0 Å². The van der Waals surface area contributed by atoms with E-state index in [2.05, 4.69) is 63.3 Å². The van der Waals surface area contributed by atoms with Gasteiger partial charge in [0.2, 0.25) is 0 Å². The zero-order valence-corrected chi connectivity index (χ0v) is 20.7. The van der Waals surface area contributed by atoms with Gasteiger partial charge in [0.15, 0.2) is 0 Å². The summed E-state index contributed by atoms with van der Waals surface area (Å²) in [4.78, 5) is 0. The third kappa shape index (κ3) is 11.4. The number of rotatable bonds is 0. The molecule has 0 fully saturated rings. The van der Waals surface area contributed by atoms with Crippen molar-refractivity contribution in [2.24, 2.45) is 0 Å². The first-order valence-electron chi connectivity index (χ1n) is 6.74. The molecule has 1 aliphatic rings. The van der Waals surface area contributed by atoms with E-state index in [0.717, 1.165) is 0 Å². The molecule has 0 saturated carbocycles. The van der Waals surface area contributed by atoms with Gasteiger partial charge in [0.05, 0.1) is 0 Å². The van der Waals surface area contributed by atoms with Gasteiger partial charge in [-0.25, -0.2) is 0 Å². The Morgan fingerprint density at radius 2 is 1.17 bits per heavy atom. The van der Waals surface area contributed by atoms with E-state index >= 15 is 0 Å². The summed E-state index contributed by atoms with van der Waals surface area (Å²) < 4.78 is 10.8. The Labute approximate surface area is 173 Å². The van der Waals surface area contributed by atoms with Crippen LogP contribution in [0.1, 0.15) is 34.6 Å². The average Bonchev–Trinajstić information content (AvgIpc) is 2.58. The predicted octanol–water partition coefficient (Wildman–Crippen LogP) is 5.80. The Balaban J connectivity index is -0.000000273. The standard InChI is InChI=1S/C10H15.C6H4I.C2H6OS.CH3.Ir/c1-6-7(2)9(4)10(5)8(6)3;7-6-4-2-1-3-5-6;1-4(2)3;;/h1-5H3;2-5H;1-2H3;1H3;/q;-1;;-1;. The summed E-state index contributed by atoms with van der Waals surface area (Å²) in [7, 11) is -0.611. The van der Waals surface area contributed by atoms with Crippen LogP contribution >= 0.6 is 22.6 Å². The Morgan fingerprint density at radius 1 is 0.870 bits per heavy atom. The molecule has 23 heavy (non-hydrogen) atoms. The first-order valence-corrected chi connectivity index (χ1v) is 9.79. The Morgan fingerprint density at radius 3 is 1.30 bits per heavy atom. The van der Waals surface area contributed by atoms with E-state index < -0.39 is 10.8 Å². The fourth-order valence-electron chi connectivity index (χ4n) is 1.77.